The lowest BCUT2D eigenvalue weighted by Crippen LogP contribution is -2.12. The molecule has 0 aliphatic heterocycles. The van der Waals surface area contributed by atoms with Crippen molar-refractivity contribution in [1.82, 2.24) is 0 Å². The first-order valence-corrected chi connectivity index (χ1v) is 8.08. The Bertz CT molecular complexity index is 453. The molecule has 0 aliphatic rings. The Morgan fingerprint density at radius 2 is 1.38 bits per heavy atom. The molecule has 0 aromatic rings. The van der Waals surface area contributed by atoms with Gasteiger partial charge in [0, 0.05) is 32.1 Å². The van der Waals surface area contributed by atoms with Crippen LogP contribution in [0.25, 0.3) is 0 Å². The first kappa shape index (κ1) is 19.9. The summed E-state index contributed by atoms with van der Waals surface area (Å²) in [5.41, 5.74) is 0. The predicted octanol–water partition coefficient (Wildman–Crippen LogP) is 1.35. The molecular weight excluding hydrogens is 300 g/mol. The lowest BCUT2D eigenvalue weighted by Gasteiger charge is -2.03. The Morgan fingerprint density at radius 3 is 1.90 bits per heavy atom. The molecule has 0 spiro atoms. The van der Waals surface area contributed by atoms with E-state index >= 15 is 0 Å². The van der Waals surface area contributed by atoms with Gasteiger partial charge in [0.1, 0.15) is 17.3 Å². The maximum atomic E-state index is 11.5. The minimum Gasteiger partial charge on any atom is -0.300 e. The van der Waals surface area contributed by atoms with Crippen LogP contribution in [0.3, 0.4) is 0 Å². The summed E-state index contributed by atoms with van der Waals surface area (Å²) >= 11 is 0. The normalized spacial score (nSPS) is 11.3. The Kier molecular flexibility index (Phi) is 10.0. The average molecular weight is 322 g/mol. The highest BCUT2D eigenvalue weighted by molar-refractivity contribution is 7.81. The van der Waals surface area contributed by atoms with Crippen molar-refractivity contribution in [2.24, 2.45) is 0 Å². The number of unbranched alkanes of at least 4 members (excludes halogenated alkanes) is 1. The van der Waals surface area contributed by atoms with E-state index in [1.807, 2.05) is 0 Å². The van der Waals surface area contributed by atoms with E-state index in [2.05, 4.69) is 8.37 Å². The van der Waals surface area contributed by atoms with E-state index in [1.165, 1.54) is 6.92 Å². The minimum absolute atomic E-state index is 0.0302. The van der Waals surface area contributed by atoms with Crippen molar-refractivity contribution in [1.29, 1.82) is 0 Å². The number of rotatable bonds is 13. The van der Waals surface area contributed by atoms with Gasteiger partial charge in [0.15, 0.2) is 0 Å². The Balaban J connectivity index is 3.68. The van der Waals surface area contributed by atoms with Crippen molar-refractivity contribution in [3.8, 4) is 0 Å². The molecule has 0 unspecified atom stereocenters. The third-order valence-corrected chi connectivity index (χ3v) is 3.59. The largest absolute Gasteiger partial charge is 0.399 e. The van der Waals surface area contributed by atoms with Gasteiger partial charge >= 0.3 is 10.4 Å². The molecule has 7 nitrogen and oxygen atoms in total. The fraction of sp³-hybridized carbons (Fsp3) is 0.769. The van der Waals surface area contributed by atoms with E-state index in [0.29, 0.717) is 25.7 Å². The molecule has 122 valence electrons. The van der Waals surface area contributed by atoms with Gasteiger partial charge in [-0.1, -0.05) is 0 Å². The van der Waals surface area contributed by atoms with Crippen molar-refractivity contribution in [3.05, 3.63) is 0 Å². The molecule has 0 radical (unpaired) electrons. The van der Waals surface area contributed by atoms with Crippen LogP contribution in [0.1, 0.15) is 51.9 Å². The summed E-state index contributed by atoms with van der Waals surface area (Å²) in [4.78, 5) is 33.6. The highest BCUT2D eigenvalue weighted by Gasteiger charge is 2.11. The van der Waals surface area contributed by atoms with Crippen molar-refractivity contribution in [3.63, 3.8) is 0 Å². The molecule has 0 rings (SSSR count). The van der Waals surface area contributed by atoms with Gasteiger partial charge in [-0.05, 0) is 19.8 Å². The highest BCUT2D eigenvalue weighted by Crippen LogP contribution is 2.06. The van der Waals surface area contributed by atoms with Crippen molar-refractivity contribution in [2.75, 3.05) is 13.7 Å². The number of Topliss-reactive ketones (excluding diaryl/α,β-unsaturated/α-hetero) is 3. The maximum absolute atomic E-state index is 11.5. The molecule has 0 N–H and O–H groups in total. The molecule has 0 fully saturated rings. The predicted molar refractivity (Wildman–Crippen MR) is 74.9 cm³/mol. The van der Waals surface area contributed by atoms with Crippen LogP contribution < -0.4 is 0 Å². The minimum atomic E-state index is -4.02. The average Bonchev–Trinajstić information content (AvgIpc) is 2.41. The third-order valence-electron chi connectivity index (χ3n) is 2.73. The summed E-state index contributed by atoms with van der Waals surface area (Å²) < 4.78 is 30.0. The molecule has 0 amide bonds. The summed E-state index contributed by atoms with van der Waals surface area (Å²) in [5.74, 6) is -0.167. The van der Waals surface area contributed by atoms with E-state index in [-0.39, 0.29) is 43.2 Å². The number of hydrogen-bond acceptors (Lipinski definition) is 7. The number of carbonyl (C=O) groups excluding carboxylic acids is 3. The van der Waals surface area contributed by atoms with Crippen LogP contribution in [0.5, 0.6) is 0 Å². The third kappa shape index (κ3) is 12.3. The van der Waals surface area contributed by atoms with Crippen LogP contribution >= 0.6 is 0 Å². The molecule has 0 aromatic carbocycles. The van der Waals surface area contributed by atoms with Crippen LogP contribution in [-0.4, -0.2) is 39.5 Å². The quantitative estimate of drug-likeness (QED) is 0.471. The monoisotopic (exact) mass is 322 g/mol. The zero-order chi connectivity index (χ0) is 16.3. The summed E-state index contributed by atoms with van der Waals surface area (Å²) in [5, 5.41) is 0. The van der Waals surface area contributed by atoms with Crippen LogP contribution in [0, 0.1) is 0 Å². The first-order chi connectivity index (χ1) is 9.76. The lowest BCUT2D eigenvalue weighted by molar-refractivity contribution is -0.124. The molecule has 0 saturated heterocycles. The standard InChI is InChI=1S/C13H22O7S/c1-11(14)5-3-4-6-12(15)7-8-13(16)9-10-20-21(17,18)19-2/h3-10H2,1-2H3. The van der Waals surface area contributed by atoms with Gasteiger partial charge in [0.05, 0.1) is 13.7 Å². The van der Waals surface area contributed by atoms with Gasteiger partial charge in [0.25, 0.3) is 0 Å². The van der Waals surface area contributed by atoms with E-state index in [9.17, 15) is 22.8 Å². The van der Waals surface area contributed by atoms with Crippen molar-refractivity contribution < 1.29 is 31.2 Å². The number of carbonyl (C=O) groups is 3. The van der Waals surface area contributed by atoms with Gasteiger partial charge in [-0.3, -0.25) is 13.8 Å². The molecule has 0 aliphatic carbocycles. The Hall–Kier alpha value is -1.12. The summed E-state index contributed by atoms with van der Waals surface area (Å²) in [6, 6.07) is 0. The molecule has 21 heavy (non-hydrogen) atoms. The summed E-state index contributed by atoms with van der Waals surface area (Å²) in [6.07, 6.45) is 2.27. The summed E-state index contributed by atoms with van der Waals surface area (Å²) in [7, 11) is -3.05. The van der Waals surface area contributed by atoms with Crippen LogP contribution in [0.2, 0.25) is 0 Å². The molecule has 0 atom stereocenters. The van der Waals surface area contributed by atoms with Gasteiger partial charge in [-0.25, -0.2) is 4.18 Å². The van der Waals surface area contributed by atoms with E-state index in [1.54, 1.807) is 0 Å². The second-order valence-electron chi connectivity index (χ2n) is 4.63. The SMILES string of the molecule is COS(=O)(=O)OCCC(=O)CCC(=O)CCCCC(C)=O. The van der Waals surface area contributed by atoms with Gasteiger partial charge < -0.3 is 4.79 Å². The topological polar surface area (TPSA) is 104 Å². The zero-order valence-corrected chi connectivity index (χ0v) is 13.2. The van der Waals surface area contributed by atoms with Gasteiger partial charge in [-0.2, -0.15) is 8.42 Å². The highest BCUT2D eigenvalue weighted by atomic mass is 32.3. The molecule has 0 bridgehead atoms. The van der Waals surface area contributed by atoms with E-state index in [0.717, 1.165) is 7.11 Å². The number of hydrogen-bond donors (Lipinski definition) is 0. The van der Waals surface area contributed by atoms with E-state index < -0.39 is 10.4 Å². The lowest BCUT2D eigenvalue weighted by atomic mass is 10.0. The second kappa shape index (κ2) is 10.6. The van der Waals surface area contributed by atoms with Crippen molar-refractivity contribution >= 4 is 27.7 Å². The fourth-order valence-electron chi connectivity index (χ4n) is 1.53. The zero-order valence-electron chi connectivity index (χ0n) is 12.4. The molecule has 8 heteroatoms. The van der Waals surface area contributed by atoms with E-state index in [4.69, 9.17) is 0 Å². The molecule has 0 heterocycles. The van der Waals surface area contributed by atoms with Crippen LogP contribution in [0.4, 0.5) is 0 Å². The van der Waals surface area contributed by atoms with Crippen LogP contribution in [-0.2, 0) is 33.1 Å². The van der Waals surface area contributed by atoms with Crippen LogP contribution in [0.15, 0.2) is 0 Å². The Morgan fingerprint density at radius 1 is 0.857 bits per heavy atom. The maximum Gasteiger partial charge on any atom is 0.399 e. The molecular formula is C13H22O7S. The first-order valence-electron chi connectivity index (χ1n) is 6.74. The molecule has 0 aromatic heterocycles. The van der Waals surface area contributed by atoms with Gasteiger partial charge in [0.2, 0.25) is 0 Å². The van der Waals surface area contributed by atoms with Gasteiger partial charge in [-0.15, -0.1) is 0 Å². The van der Waals surface area contributed by atoms with Crippen molar-refractivity contribution in [2.45, 2.75) is 51.9 Å². The Labute approximate surface area is 125 Å². The number of ketones is 3. The molecule has 0 saturated carbocycles. The second-order valence-corrected chi connectivity index (χ2v) is 6.02. The smallest absolute Gasteiger partial charge is 0.300 e. The summed E-state index contributed by atoms with van der Waals surface area (Å²) in [6.45, 7) is 1.22. The fourth-order valence-corrected chi connectivity index (χ4v) is 1.91.